The van der Waals surface area contributed by atoms with Crippen molar-refractivity contribution in [3.05, 3.63) is 0 Å². The lowest BCUT2D eigenvalue weighted by atomic mass is 10.0. The van der Waals surface area contributed by atoms with Crippen LogP contribution in [0.2, 0.25) is 0 Å². The Bertz CT molecular complexity index is 361. The van der Waals surface area contributed by atoms with Gasteiger partial charge in [0.1, 0.15) is 9.84 Å². The molecule has 2 amide bonds. The summed E-state index contributed by atoms with van der Waals surface area (Å²) in [4.78, 5) is 12.5. The molecule has 1 saturated heterocycles. The molecule has 1 fully saturated rings. The van der Waals surface area contributed by atoms with E-state index >= 15 is 0 Å². The molecular weight excluding hydrogens is 242 g/mol. The summed E-state index contributed by atoms with van der Waals surface area (Å²) in [6.45, 7) is 3.14. The van der Waals surface area contributed by atoms with Gasteiger partial charge in [0.25, 0.3) is 0 Å². The van der Waals surface area contributed by atoms with Gasteiger partial charge in [0.15, 0.2) is 0 Å². The van der Waals surface area contributed by atoms with Gasteiger partial charge in [0, 0.05) is 31.4 Å². The Hall–Kier alpha value is -0.820. The van der Waals surface area contributed by atoms with E-state index < -0.39 is 9.84 Å². The Kier molecular flexibility index (Phi) is 4.76. The second-order valence-electron chi connectivity index (χ2n) is 4.76. The van der Waals surface area contributed by atoms with E-state index in [0.29, 0.717) is 13.1 Å². The van der Waals surface area contributed by atoms with Gasteiger partial charge in [-0.2, -0.15) is 0 Å². The Balaban J connectivity index is 2.33. The van der Waals surface area contributed by atoms with Gasteiger partial charge < -0.3 is 16.0 Å². The summed E-state index contributed by atoms with van der Waals surface area (Å²) >= 11 is 0. The predicted molar refractivity (Wildman–Crippen MR) is 66.5 cm³/mol. The molecule has 0 spiro atoms. The largest absolute Gasteiger partial charge is 0.351 e. The van der Waals surface area contributed by atoms with E-state index in [-0.39, 0.29) is 23.9 Å². The molecule has 7 heteroatoms. The molecule has 0 aliphatic carbocycles. The van der Waals surface area contributed by atoms with Crippen molar-refractivity contribution in [3.63, 3.8) is 0 Å². The van der Waals surface area contributed by atoms with Gasteiger partial charge in [-0.1, -0.05) is 0 Å². The topological polar surface area (TPSA) is 92.5 Å². The summed E-state index contributed by atoms with van der Waals surface area (Å²) < 4.78 is 22.2. The highest BCUT2D eigenvalue weighted by molar-refractivity contribution is 7.90. The van der Waals surface area contributed by atoms with Crippen LogP contribution >= 0.6 is 0 Å². The van der Waals surface area contributed by atoms with Crippen molar-refractivity contribution in [2.45, 2.75) is 31.8 Å². The average Bonchev–Trinajstić information content (AvgIpc) is 2.15. The number of nitrogens with two attached hydrogens (primary N) is 1. The molecule has 6 nitrogen and oxygen atoms in total. The fraction of sp³-hybridized carbons (Fsp3) is 0.900. The summed E-state index contributed by atoms with van der Waals surface area (Å²) in [6.07, 6.45) is 2.87. The van der Waals surface area contributed by atoms with Crippen molar-refractivity contribution in [1.82, 2.24) is 10.2 Å². The monoisotopic (exact) mass is 263 g/mol. The molecule has 0 radical (unpaired) electrons. The molecular formula is C10H21N3O3S. The normalized spacial score (nSPS) is 20.2. The third kappa shape index (κ3) is 5.36. The van der Waals surface area contributed by atoms with E-state index in [1.165, 1.54) is 6.26 Å². The molecule has 0 aromatic carbocycles. The van der Waals surface area contributed by atoms with Crippen LogP contribution in [0.3, 0.4) is 0 Å². The molecule has 1 heterocycles. The van der Waals surface area contributed by atoms with Crippen molar-refractivity contribution >= 4 is 15.9 Å². The van der Waals surface area contributed by atoms with E-state index in [0.717, 1.165) is 12.8 Å². The van der Waals surface area contributed by atoms with E-state index in [9.17, 15) is 13.2 Å². The van der Waals surface area contributed by atoms with Crippen molar-refractivity contribution in [1.29, 1.82) is 0 Å². The smallest absolute Gasteiger partial charge is 0.314 e. The van der Waals surface area contributed by atoms with Crippen LogP contribution in [-0.2, 0) is 9.84 Å². The van der Waals surface area contributed by atoms with E-state index in [1.807, 2.05) is 6.92 Å². The fourth-order valence-electron chi connectivity index (χ4n) is 2.17. The lowest BCUT2D eigenvalue weighted by molar-refractivity contribution is 0.183. The van der Waals surface area contributed by atoms with Crippen LogP contribution in [0.25, 0.3) is 0 Å². The second-order valence-corrected chi connectivity index (χ2v) is 6.94. The molecule has 0 saturated carbocycles. The molecule has 1 rings (SSSR count). The number of rotatable bonds is 4. The first-order valence-electron chi connectivity index (χ1n) is 5.76. The quantitative estimate of drug-likeness (QED) is 0.718. The molecule has 0 bridgehead atoms. The third-order valence-corrected chi connectivity index (χ3v) is 3.99. The predicted octanol–water partition coefficient (Wildman–Crippen LogP) is -0.448. The number of piperidine rings is 1. The van der Waals surface area contributed by atoms with Crippen LogP contribution in [0.4, 0.5) is 4.79 Å². The number of urea groups is 1. The average molecular weight is 263 g/mol. The lowest BCUT2D eigenvalue weighted by Crippen LogP contribution is -2.49. The summed E-state index contributed by atoms with van der Waals surface area (Å²) in [7, 11) is -2.95. The van der Waals surface area contributed by atoms with E-state index in [2.05, 4.69) is 5.32 Å². The zero-order valence-electron chi connectivity index (χ0n) is 10.3. The highest BCUT2D eigenvalue weighted by atomic mass is 32.2. The number of carbonyl (C=O) groups is 1. The molecule has 0 aromatic heterocycles. The van der Waals surface area contributed by atoms with Gasteiger partial charge in [-0.25, -0.2) is 13.2 Å². The van der Waals surface area contributed by atoms with Crippen LogP contribution in [0.15, 0.2) is 0 Å². The number of amides is 2. The number of nitrogens with one attached hydrogen (secondary N) is 1. The van der Waals surface area contributed by atoms with Gasteiger partial charge >= 0.3 is 6.03 Å². The highest BCUT2D eigenvalue weighted by Gasteiger charge is 2.22. The summed E-state index contributed by atoms with van der Waals surface area (Å²) in [5, 5.41) is 3.28. The van der Waals surface area contributed by atoms with Crippen LogP contribution in [-0.4, -0.2) is 56.5 Å². The minimum absolute atomic E-state index is 0.0601. The molecule has 1 unspecified atom stereocenters. The highest BCUT2D eigenvalue weighted by Crippen LogP contribution is 2.10. The minimum atomic E-state index is -2.95. The van der Waals surface area contributed by atoms with Crippen molar-refractivity contribution in [3.8, 4) is 0 Å². The first-order valence-corrected chi connectivity index (χ1v) is 7.82. The molecule has 1 atom stereocenters. The maximum Gasteiger partial charge on any atom is 0.314 e. The van der Waals surface area contributed by atoms with Gasteiger partial charge in [0.2, 0.25) is 0 Å². The zero-order valence-corrected chi connectivity index (χ0v) is 11.2. The van der Waals surface area contributed by atoms with E-state index in [4.69, 9.17) is 5.73 Å². The van der Waals surface area contributed by atoms with Gasteiger partial charge in [-0.05, 0) is 19.8 Å². The molecule has 0 aromatic rings. The minimum Gasteiger partial charge on any atom is -0.351 e. The van der Waals surface area contributed by atoms with Crippen molar-refractivity contribution in [2.24, 2.45) is 5.73 Å². The Morgan fingerprint density at radius 2 is 2.00 bits per heavy atom. The molecule has 100 valence electrons. The van der Waals surface area contributed by atoms with Crippen LogP contribution < -0.4 is 11.1 Å². The number of sulfone groups is 1. The SMILES string of the molecule is CC(CS(C)(=O)=O)NC1CCN(C(N)=O)CC1. The Morgan fingerprint density at radius 1 is 1.47 bits per heavy atom. The Morgan fingerprint density at radius 3 is 2.41 bits per heavy atom. The van der Waals surface area contributed by atoms with Crippen LogP contribution in [0.5, 0.6) is 0 Å². The summed E-state index contributed by atoms with van der Waals surface area (Å²) in [6, 6.07) is -0.176. The first-order chi connectivity index (χ1) is 7.78. The summed E-state index contributed by atoms with van der Waals surface area (Å²) in [5.74, 6) is 0.142. The molecule has 1 aliphatic rings. The van der Waals surface area contributed by atoms with Gasteiger partial charge in [0.05, 0.1) is 5.75 Å². The maximum absolute atomic E-state index is 11.1. The standard InChI is InChI=1S/C10H21N3O3S/c1-8(7-17(2,15)16)12-9-3-5-13(6-4-9)10(11)14/h8-9,12H,3-7H2,1-2H3,(H2,11,14). The van der Waals surface area contributed by atoms with E-state index in [1.54, 1.807) is 4.90 Å². The van der Waals surface area contributed by atoms with Crippen LogP contribution in [0, 0.1) is 0 Å². The van der Waals surface area contributed by atoms with Gasteiger partial charge in [-0.3, -0.25) is 0 Å². The van der Waals surface area contributed by atoms with Crippen molar-refractivity contribution in [2.75, 3.05) is 25.1 Å². The fourth-order valence-corrected chi connectivity index (χ4v) is 3.18. The number of nitrogens with zero attached hydrogens (tertiary/aromatic N) is 1. The second kappa shape index (κ2) is 5.68. The van der Waals surface area contributed by atoms with Gasteiger partial charge in [-0.15, -0.1) is 0 Å². The number of hydrogen-bond acceptors (Lipinski definition) is 4. The Labute approximate surface area is 102 Å². The molecule has 17 heavy (non-hydrogen) atoms. The number of carbonyl (C=O) groups excluding carboxylic acids is 1. The summed E-state index contributed by atoms with van der Waals surface area (Å²) in [5.41, 5.74) is 5.18. The third-order valence-electron chi connectivity index (χ3n) is 2.88. The number of likely N-dealkylation sites (tertiary alicyclic amines) is 1. The first kappa shape index (κ1) is 14.2. The zero-order chi connectivity index (χ0) is 13.1. The number of primary amides is 1. The van der Waals surface area contributed by atoms with Crippen molar-refractivity contribution < 1.29 is 13.2 Å². The molecule has 1 aliphatic heterocycles. The molecule has 3 N–H and O–H groups in total. The lowest BCUT2D eigenvalue weighted by Gasteiger charge is -2.32. The number of hydrogen-bond donors (Lipinski definition) is 2. The van der Waals surface area contributed by atoms with Crippen LogP contribution in [0.1, 0.15) is 19.8 Å². The maximum atomic E-state index is 11.1.